The average molecular weight is 380 g/mol. The highest BCUT2D eigenvalue weighted by Crippen LogP contribution is 2.41. The SMILES string of the molecule is Cc1ccc2ccccc2c1C(Br)c1cc(Cl)ccc1Cl. The van der Waals surface area contributed by atoms with Gasteiger partial charge in [0.05, 0.1) is 4.83 Å². The van der Waals surface area contributed by atoms with E-state index >= 15 is 0 Å². The zero-order chi connectivity index (χ0) is 15.0. The molecule has 21 heavy (non-hydrogen) atoms. The summed E-state index contributed by atoms with van der Waals surface area (Å²) in [4.78, 5) is 0.00907. The number of halogens is 3. The molecule has 0 nitrogen and oxygen atoms in total. The molecule has 3 heteroatoms. The average Bonchev–Trinajstić information content (AvgIpc) is 2.49. The van der Waals surface area contributed by atoms with Gasteiger partial charge in [-0.15, -0.1) is 0 Å². The Kier molecular flexibility index (Phi) is 4.26. The van der Waals surface area contributed by atoms with E-state index in [2.05, 4.69) is 59.3 Å². The minimum absolute atomic E-state index is 0.00907. The second-order valence-corrected chi connectivity index (χ2v) is 6.80. The third-order valence-corrected chi connectivity index (χ3v) is 5.20. The molecule has 0 aliphatic heterocycles. The Morgan fingerprint density at radius 2 is 1.71 bits per heavy atom. The van der Waals surface area contributed by atoms with Crippen LogP contribution in [0, 0.1) is 6.92 Å². The fraction of sp³-hybridized carbons (Fsp3) is 0.111. The van der Waals surface area contributed by atoms with Crippen LogP contribution in [-0.4, -0.2) is 0 Å². The number of aryl methyl sites for hydroxylation is 1. The maximum Gasteiger partial charge on any atom is 0.0668 e. The van der Waals surface area contributed by atoms with Crippen molar-refractivity contribution in [2.45, 2.75) is 11.8 Å². The molecule has 3 aromatic rings. The molecule has 0 radical (unpaired) electrons. The topological polar surface area (TPSA) is 0 Å². The Bertz CT molecular complexity index is 811. The summed E-state index contributed by atoms with van der Waals surface area (Å²) in [7, 11) is 0. The van der Waals surface area contributed by atoms with E-state index in [1.807, 2.05) is 18.2 Å². The van der Waals surface area contributed by atoms with Crippen LogP contribution in [0.5, 0.6) is 0 Å². The summed E-state index contributed by atoms with van der Waals surface area (Å²) in [5.74, 6) is 0. The maximum absolute atomic E-state index is 6.36. The highest BCUT2D eigenvalue weighted by atomic mass is 79.9. The molecule has 0 heterocycles. The summed E-state index contributed by atoms with van der Waals surface area (Å²) in [6, 6.07) is 18.2. The van der Waals surface area contributed by atoms with Gasteiger partial charge in [-0.3, -0.25) is 0 Å². The van der Waals surface area contributed by atoms with Crippen molar-refractivity contribution in [3.05, 3.63) is 81.3 Å². The van der Waals surface area contributed by atoms with E-state index < -0.39 is 0 Å². The maximum atomic E-state index is 6.36. The molecule has 0 amide bonds. The summed E-state index contributed by atoms with van der Waals surface area (Å²) < 4.78 is 0. The van der Waals surface area contributed by atoms with Crippen molar-refractivity contribution < 1.29 is 0 Å². The van der Waals surface area contributed by atoms with Gasteiger partial charge in [0.1, 0.15) is 0 Å². The van der Waals surface area contributed by atoms with Crippen molar-refractivity contribution in [1.29, 1.82) is 0 Å². The summed E-state index contributed by atoms with van der Waals surface area (Å²) in [6.45, 7) is 2.12. The molecule has 1 unspecified atom stereocenters. The number of hydrogen-bond acceptors (Lipinski definition) is 0. The molecular formula is C18H13BrCl2. The van der Waals surface area contributed by atoms with Gasteiger partial charge >= 0.3 is 0 Å². The first-order valence-corrected chi connectivity index (χ1v) is 8.32. The molecule has 1 atom stereocenters. The van der Waals surface area contributed by atoms with E-state index in [0.717, 1.165) is 5.56 Å². The van der Waals surface area contributed by atoms with Gasteiger partial charge in [-0.2, -0.15) is 0 Å². The van der Waals surface area contributed by atoms with Crippen molar-refractivity contribution in [3.8, 4) is 0 Å². The molecule has 0 bridgehead atoms. The molecule has 3 rings (SSSR count). The van der Waals surface area contributed by atoms with Gasteiger partial charge in [-0.05, 0) is 52.6 Å². The fourth-order valence-corrected chi connectivity index (χ4v) is 4.13. The third-order valence-electron chi connectivity index (χ3n) is 3.67. The largest absolute Gasteiger partial charge is 0.0843 e. The van der Waals surface area contributed by atoms with E-state index in [9.17, 15) is 0 Å². The number of fused-ring (bicyclic) bond motifs is 1. The first kappa shape index (κ1) is 14.9. The van der Waals surface area contributed by atoms with E-state index in [1.54, 1.807) is 0 Å². The molecule has 0 spiro atoms. The lowest BCUT2D eigenvalue weighted by Crippen LogP contribution is -1.98. The lowest BCUT2D eigenvalue weighted by molar-refractivity contribution is 1.16. The van der Waals surface area contributed by atoms with Gasteiger partial charge in [-0.1, -0.05) is 75.5 Å². The molecule has 0 saturated heterocycles. The highest BCUT2D eigenvalue weighted by molar-refractivity contribution is 9.09. The Morgan fingerprint density at radius 3 is 2.52 bits per heavy atom. The Labute approximate surface area is 142 Å². The molecule has 0 fully saturated rings. The number of alkyl halides is 1. The van der Waals surface area contributed by atoms with Gasteiger partial charge in [0.15, 0.2) is 0 Å². The van der Waals surface area contributed by atoms with Crippen molar-refractivity contribution in [2.75, 3.05) is 0 Å². The van der Waals surface area contributed by atoms with Crippen LogP contribution in [0.4, 0.5) is 0 Å². The Hall–Kier alpha value is -1.02. The van der Waals surface area contributed by atoms with Crippen molar-refractivity contribution in [3.63, 3.8) is 0 Å². The minimum atomic E-state index is 0.00907. The molecule has 3 aromatic carbocycles. The smallest absolute Gasteiger partial charge is 0.0668 e. The second kappa shape index (κ2) is 6.00. The Balaban J connectivity index is 2.24. The van der Waals surface area contributed by atoms with Crippen LogP contribution in [0.3, 0.4) is 0 Å². The lowest BCUT2D eigenvalue weighted by Gasteiger charge is -2.18. The molecule has 0 N–H and O–H groups in total. The van der Waals surface area contributed by atoms with E-state index in [1.165, 1.54) is 21.9 Å². The number of rotatable bonds is 2. The van der Waals surface area contributed by atoms with E-state index in [4.69, 9.17) is 23.2 Å². The van der Waals surface area contributed by atoms with Gasteiger partial charge < -0.3 is 0 Å². The summed E-state index contributed by atoms with van der Waals surface area (Å²) in [6.07, 6.45) is 0. The molecule has 106 valence electrons. The van der Waals surface area contributed by atoms with Crippen LogP contribution in [0.1, 0.15) is 21.5 Å². The molecule has 0 aliphatic carbocycles. The van der Waals surface area contributed by atoms with Crippen LogP contribution >= 0.6 is 39.1 Å². The highest BCUT2D eigenvalue weighted by Gasteiger charge is 2.18. The summed E-state index contributed by atoms with van der Waals surface area (Å²) >= 11 is 16.3. The van der Waals surface area contributed by atoms with E-state index in [-0.39, 0.29) is 4.83 Å². The standard InChI is InChI=1S/C18H13BrCl2/c1-11-6-7-12-4-2-3-5-14(12)17(11)18(19)15-10-13(20)8-9-16(15)21/h2-10,18H,1H3. The van der Waals surface area contributed by atoms with E-state index in [0.29, 0.717) is 10.0 Å². The van der Waals surface area contributed by atoms with Gasteiger partial charge in [0, 0.05) is 10.0 Å². The van der Waals surface area contributed by atoms with Crippen LogP contribution in [0.25, 0.3) is 10.8 Å². The van der Waals surface area contributed by atoms with Crippen molar-refractivity contribution in [2.24, 2.45) is 0 Å². The lowest BCUT2D eigenvalue weighted by atomic mass is 9.94. The van der Waals surface area contributed by atoms with Crippen LogP contribution in [0.2, 0.25) is 10.0 Å². The first-order valence-electron chi connectivity index (χ1n) is 6.65. The first-order chi connectivity index (χ1) is 10.1. The fourth-order valence-electron chi connectivity index (χ4n) is 2.61. The molecule has 0 aromatic heterocycles. The van der Waals surface area contributed by atoms with Crippen LogP contribution < -0.4 is 0 Å². The predicted octanol–water partition coefficient (Wildman–Crippen LogP) is 6.94. The van der Waals surface area contributed by atoms with Crippen molar-refractivity contribution >= 4 is 49.9 Å². The predicted molar refractivity (Wildman–Crippen MR) is 95.9 cm³/mol. The summed E-state index contributed by atoms with van der Waals surface area (Å²) in [5.41, 5.74) is 3.45. The zero-order valence-corrected chi connectivity index (χ0v) is 14.5. The molecular weight excluding hydrogens is 367 g/mol. The quantitative estimate of drug-likeness (QED) is 0.423. The second-order valence-electron chi connectivity index (χ2n) is 5.05. The molecule has 0 aliphatic rings. The van der Waals surface area contributed by atoms with Crippen LogP contribution in [0.15, 0.2) is 54.6 Å². The van der Waals surface area contributed by atoms with Gasteiger partial charge in [0.25, 0.3) is 0 Å². The van der Waals surface area contributed by atoms with Gasteiger partial charge in [-0.25, -0.2) is 0 Å². The number of hydrogen-bond donors (Lipinski definition) is 0. The van der Waals surface area contributed by atoms with Gasteiger partial charge in [0.2, 0.25) is 0 Å². The van der Waals surface area contributed by atoms with Crippen LogP contribution in [-0.2, 0) is 0 Å². The molecule has 0 saturated carbocycles. The van der Waals surface area contributed by atoms with Crippen molar-refractivity contribution in [1.82, 2.24) is 0 Å². The Morgan fingerprint density at radius 1 is 0.952 bits per heavy atom. The monoisotopic (exact) mass is 378 g/mol. The minimum Gasteiger partial charge on any atom is -0.0843 e. The normalized spacial score (nSPS) is 12.6. The number of benzene rings is 3. The third kappa shape index (κ3) is 2.83. The zero-order valence-electron chi connectivity index (χ0n) is 11.4. The summed E-state index contributed by atoms with van der Waals surface area (Å²) in [5, 5.41) is 3.86.